The van der Waals surface area contributed by atoms with Crippen LogP contribution in [0.5, 0.6) is 5.75 Å². The van der Waals surface area contributed by atoms with Gasteiger partial charge in [0.25, 0.3) is 0 Å². The largest absolute Gasteiger partial charge is 1.00 e. The summed E-state index contributed by atoms with van der Waals surface area (Å²) < 4.78 is 2.19. The van der Waals surface area contributed by atoms with Crippen molar-refractivity contribution >= 4 is 0 Å². The van der Waals surface area contributed by atoms with Gasteiger partial charge in [-0.2, -0.15) is 4.57 Å². The van der Waals surface area contributed by atoms with Gasteiger partial charge in [0.2, 0.25) is 0 Å². The molecule has 1 aromatic heterocycles. The molecule has 3 heteroatoms. The molecule has 2 rings (SSSR count). The predicted molar refractivity (Wildman–Crippen MR) is 91.2 cm³/mol. The molecular formula is C20H28ClNO. The zero-order valence-electron chi connectivity index (χ0n) is 15.0. The van der Waals surface area contributed by atoms with E-state index < -0.39 is 0 Å². The Morgan fingerprint density at radius 3 is 1.65 bits per heavy atom. The maximum Gasteiger partial charge on any atom is 0.176 e. The normalized spacial score (nSPS) is 11.9. The van der Waals surface area contributed by atoms with E-state index in [1.165, 1.54) is 5.56 Å². The second kappa shape index (κ2) is 6.92. The first-order chi connectivity index (χ1) is 10.1. The smallest absolute Gasteiger partial charge is 0.176 e. The average molecular weight is 334 g/mol. The van der Waals surface area contributed by atoms with Gasteiger partial charge >= 0.3 is 0 Å². The lowest BCUT2D eigenvalue weighted by Crippen LogP contribution is -3.00. The second-order valence-corrected chi connectivity index (χ2v) is 8.09. The summed E-state index contributed by atoms with van der Waals surface area (Å²) in [5.74, 6) is 0.435. The molecule has 0 spiro atoms. The number of aromatic hydroxyl groups is 1. The van der Waals surface area contributed by atoms with E-state index in [4.69, 9.17) is 0 Å². The zero-order valence-corrected chi connectivity index (χ0v) is 15.8. The lowest BCUT2D eigenvalue weighted by Gasteiger charge is -2.25. The van der Waals surface area contributed by atoms with Crippen molar-refractivity contribution in [2.75, 3.05) is 0 Å². The fraction of sp³-hybridized carbons (Fsp3) is 0.450. The monoisotopic (exact) mass is 333 g/mol. The molecule has 2 nitrogen and oxygen atoms in total. The van der Waals surface area contributed by atoms with E-state index >= 15 is 0 Å². The first kappa shape index (κ1) is 19.5. The Kier molecular flexibility index (Phi) is 5.87. The molecule has 2 aromatic rings. The van der Waals surface area contributed by atoms with Crippen molar-refractivity contribution in [1.82, 2.24) is 0 Å². The first-order valence-corrected chi connectivity index (χ1v) is 7.90. The molecule has 23 heavy (non-hydrogen) atoms. The van der Waals surface area contributed by atoms with Crippen LogP contribution in [-0.2, 0) is 17.4 Å². The Morgan fingerprint density at radius 1 is 0.826 bits per heavy atom. The summed E-state index contributed by atoms with van der Waals surface area (Å²) in [5, 5.41) is 10.7. The highest BCUT2D eigenvalue weighted by Crippen LogP contribution is 2.37. The van der Waals surface area contributed by atoms with Gasteiger partial charge in [-0.1, -0.05) is 71.9 Å². The molecular weight excluding hydrogens is 306 g/mol. The van der Waals surface area contributed by atoms with E-state index in [0.717, 1.165) is 17.7 Å². The van der Waals surface area contributed by atoms with Crippen molar-refractivity contribution in [3.63, 3.8) is 0 Å². The fourth-order valence-electron chi connectivity index (χ4n) is 2.62. The lowest BCUT2D eigenvalue weighted by atomic mass is 9.81. The molecule has 1 heterocycles. The number of hydrogen-bond acceptors (Lipinski definition) is 1. The number of pyridine rings is 1. The molecule has 0 bridgehead atoms. The molecule has 0 saturated carbocycles. The van der Waals surface area contributed by atoms with Gasteiger partial charge in [-0.25, -0.2) is 0 Å². The summed E-state index contributed by atoms with van der Waals surface area (Å²) in [4.78, 5) is 0. The topological polar surface area (TPSA) is 24.1 Å². The van der Waals surface area contributed by atoms with Crippen LogP contribution in [0, 0.1) is 0 Å². The van der Waals surface area contributed by atoms with Gasteiger partial charge in [0.15, 0.2) is 18.9 Å². The van der Waals surface area contributed by atoms with E-state index in [2.05, 4.69) is 82.8 Å². The predicted octanol–water partition coefficient (Wildman–Crippen LogP) is 1.33. The Labute approximate surface area is 146 Å². The van der Waals surface area contributed by atoms with Gasteiger partial charge in [-0.05, 0) is 10.8 Å². The van der Waals surface area contributed by atoms with Crippen LogP contribution in [0.1, 0.15) is 58.2 Å². The Bertz CT molecular complexity index is 617. The highest BCUT2D eigenvalue weighted by molar-refractivity contribution is 5.43. The minimum atomic E-state index is -0.0935. The molecule has 0 atom stereocenters. The first-order valence-electron chi connectivity index (χ1n) is 7.90. The summed E-state index contributed by atoms with van der Waals surface area (Å²) in [6.07, 6.45) is 4.16. The molecule has 0 aliphatic rings. The van der Waals surface area contributed by atoms with E-state index in [1.54, 1.807) is 0 Å². The Morgan fingerprint density at radius 2 is 1.26 bits per heavy atom. The molecule has 0 radical (unpaired) electrons. The van der Waals surface area contributed by atoms with Crippen molar-refractivity contribution < 1.29 is 22.1 Å². The summed E-state index contributed by atoms with van der Waals surface area (Å²) in [6.45, 7) is 13.7. The Balaban J connectivity index is 0.00000264. The molecule has 0 aliphatic heterocycles. The minimum absolute atomic E-state index is 0. The van der Waals surface area contributed by atoms with Crippen LogP contribution in [0.15, 0.2) is 42.7 Å². The van der Waals surface area contributed by atoms with E-state index in [0.29, 0.717) is 5.75 Å². The molecule has 0 saturated heterocycles. The molecule has 126 valence electrons. The van der Waals surface area contributed by atoms with Crippen molar-refractivity contribution in [2.45, 2.75) is 58.9 Å². The van der Waals surface area contributed by atoms with Crippen molar-refractivity contribution in [3.8, 4) is 5.75 Å². The highest BCUT2D eigenvalue weighted by atomic mass is 35.5. The van der Waals surface area contributed by atoms with Gasteiger partial charge < -0.3 is 17.5 Å². The summed E-state index contributed by atoms with van der Waals surface area (Å²) >= 11 is 0. The third kappa shape index (κ3) is 4.71. The SMILES string of the molecule is CC(C)(C)c1c[n+](Cc2ccccc2)cc(C(C)(C)C)c1O.[Cl-]. The maximum atomic E-state index is 10.7. The van der Waals surface area contributed by atoms with Crippen LogP contribution >= 0.6 is 0 Å². The maximum absolute atomic E-state index is 10.7. The number of hydrogen-bond donors (Lipinski definition) is 1. The van der Waals surface area contributed by atoms with Gasteiger partial charge in [0, 0.05) is 5.56 Å². The quantitative estimate of drug-likeness (QED) is 0.824. The van der Waals surface area contributed by atoms with E-state index in [1.807, 2.05) is 6.07 Å². The summed E-state index contributed by atoms with van der Waals surface area (Å²) in [7, 11) is 0. The molecule has 1 aromatic carbocycles. The number of benzene rings is 1. The summed E-state index contributed by atoms with van der Waals surface area (Å²) in [5.41, 5.74) is 3.07. The van der Waals surface area contributed by atoms with Crippen LogP contribution in [0.4, 0.5) is 0 Å². The van der Waals surface area contributed by atoms with E-state index in [-0.39, 0.29) is 23.2 Å². The number of aromatic nitrogens is 1. The standard InChI is InChI=1S/C20H27NO.ClH/c1-19(2,3)16-13-21(12-15-10-8-7-9-11-15)14-17(18(16)22)20(4,5)6;/h7-11,13-14H,12H2,1-6H3;1H. The van der Waals surface area contributed by atoms with Crippen molar-refractivity contribution in [2.24, 2.45) is 0 Å². The average Bonchev–Trinajstić information content (AvgIpc) is 2.39. The number of nitrogens with zero attached hydrogens (tertiary/aromatic N) is 1. The molecule has 0 amide bonds. The summed E-state index contributed by atoms with van der Waals surface area (Å²) in [6, 6.07) is 10.4. The van der Waals surface area contributed by atoms with Gasteiger partial charge in [-0.15, -0.1) is 0 Å². The van der Waals surface area contributed by atoms with Gasteiger partial charge in [-0.3, -0.25) is 0 Å². The van der Waals surface area contributed by atoms with Crippen molar-refractivity contribution in [1.29, 1.82) is 0 Å². The van der Waals surface area contributed by atoms with Crippen LogP contribution in [0.25, 0.3) is 0 Å². The highest BCUT2D eigenvalue weighted by Gasteiger charge is 2.30. The van der Waals surface area contributed by atoms with Crippen LogP contribution in [-0.4, -0.2) is 5.11 Å². The van der Waals surface area contributed by atoms with Gasteiger partial charge in [0.05, 0.1) is 11.1 Å². The molecule has 0 aliphatic carbocycles. The fourth-order valence-corrected chi connectivity index (χ4v) is 2.62. The van der Waals surface area contributed by atoms with Crippen LogP contribution in [0.2, 0.25) is 0 Å². The lowest BCUT2D eigenvalue weighted by molar-refractivity contribution is -0.689. The number of rotatable bonds is 2. The third-order valence-corrected chi connectivity index (χ3v) is 3.92. The Hall–Kier alpha value is -1.54. The molecule has 0 fully saturated rings. The zero-order chi connectivity index (χ0) is 16.5. The van der Waals surface area contributed by atoms with Crippen molar-refractivity contribution in [3.05, 3.63) is 59.4 Å². The number of halogens is 1. The minimum Gasteiger partial charge on any atom is -1.00 e. The van der Waals surface area contributed by atoms with Crippen LogP contribution in [0.3, 0.4) is 0 Å². The molecule has 1 N–H and O–H groups in total. The van der Waals surface area contributed by atoms with Gasteiger partial charge in [0.1, 0.15) is 5.75 Å². The third-order valence-electron chi connectivity index (χ3n) is 3.92. The van der Waals surface area contributed by atoms with E-state index in [9.17, 15) is 5.11 Å². The molecule has 0 unspecified atom stereocenters. The second-order valence-electron chi connectivity index (χ2n) is 8.09. The van der Waals surface area contributed by atoms with Crippen LogP contribution < -0.4 is 17.0 Å².